The number of piperazine rings is 1. The predicted molar refractivity (Wildman–Crippen MR) is 137 cm³/mol. The van der Waals surface area contributed by atoms with Crippen molar-refractivity contribution in [1.82, 2.24) is 15.2 Å². The zero-order valence-electron chi connectivity index (χ0n) is 21.0. The van der Waals surface area contributed by atoms with Crippen LogP contribution in [0.2, 0.25) is 0 Å². The Morgan fingerprint density at radius 1 is 1.14 bits per heavy atom. The van der Waals surface area contributed by atoms with Gasteiger partial charge < -0.3 is 25.2 Å². The topological polar surface area (TPSA) is 109 Å². The standard InChI is InChI=1S/C26H38N5O4/c1-18(2)24-15-21(19(3)14-22(24)17-30-10-8-29(9-11-30)12-13-32)16-25-27-28-26(35-25)20-4-6-23(7-5-20)31(33)34/h4-7,14,18,21-22,24,28,32H,8-13,15-17H2,1-3H3/q-1. The van der Waals surface area contributed by atoms with Crippen LogP contribution in [0.3, 0.4) is 0 Å². The second-order valence-electron chi connectivity index (χ2n) is 10.3. The first kappa shape index (κ1) is 25.5. The van der Waals surface area contributed by atoms with Gasteiger partial charge in [-0.25, -0.2) is 5.43 Å². The summed E-state index contributed by atoms with van der Waals surface area (Å²) < 4.78 is 6.00. The number of hydrogen-bond acceptors (Lipinski definition) is 8. The molecule has 35 heavy (non-hydrogen) atoms. The first-order valence-corrected chi connectivity index (χ1v) is 12.7. The van der Waals surface area contributed by atoms with Crippen LogP contribution in [-0.4, -0.2) is 77.3 Å². The lowest BCUT2D eigenvalue weighted by Crippen LogP contribution is -2.49. The molecule has 0 bridgehead atoms. The van der Waals surface area contributed by atoms with Gasteiger partial charge in [-0.1, -0.05) is 25.5 Å². The van der Waals surface area contributed by atoms with Gasteiger partial charge in [-0.2, -0.15) is 4.90 Å². The molecule has 2 heterocycles. The van der Waals surface area contributed by atoms with E-state index in [4.69, 9.17) is 4.74 Å². The Balaban J connectivity index is 1.36. The maximum Gasteiger partial charge on any atom is 0.222 e. The van der Waals surface area contributed by atoms with Crippen molar-refractivity contribution >= 4 is 11.6 Å². The summed E-state index contributed by atoms with van der Waals surface area (Å²) in [6, 6.07) is 0. The number of nitrogens with one attached hydrogen (secondary N) is 1. The average Bonchev–Trinajstić information content (AvgIpc) is 3.30. The van der Waals surface area contributed by atoms with E-state index < -0.39 is 4.90 Å². The molecule has 9 heteroatoms. The van der Waals surface area contributed by atoms with Crippen molar-refractivity contribution < 1.29 is 14.7 Å². The number of hydrogen-bond donors (Lipinski definition) is 2. The van der Waals surface area contributed by atoms with Crippen LogP contribution in [0.4, 0.5) is 0 Å². The third-order valence-electron chi connectivity index (χ3n) is 7.70. The normalized spacial score (nSPS) is 27.7. The van der Waals surface area contributed by atoms with Gasteiger partial charge in [0.15, 0.2) is 0 Å². The van der Waals surface area contributed by atoms with E-state index in [0.29, 0.717) is 35.5 Å². The highest BCUT2D eigenvalue weighted by Crippen LogP contribution is 2.40. The third kappa shape index (κ3) is 6.34. The summed E-state index contributed by atoms with van der Waals surface area (Å²) in [6.07, 6.45) is 10.6. The summed E-state index contributed by atoms with van der Waals surface area (Å²) in [7, 11) is 0. The van der Waals surface area contributed by atoms with Gasteiger partial charge in [0.2, 0.25) is 17.5 Å². The fraction of sp³-hybridized carbons (Fsp3) is 0.615. The van der Waals surface area contributed by atoms with Crippen molar-refractivity contribution in [2.75, 3.05) is 45.9 Å². The fourth-order valence-electron chi connectivity index (χ4n) is 5.55. The van der Waals surface area contributed by atoms with Gasteiger partial charge in [0.05, 0.1) is 6.61 Å². The van der Waals surface area contributed by atoms with Crippen LogP contribution in [0.5, 0.6) is 0 Å². The number of rotatable bonds is 7. The molecule has 0 aromatic rings. The fourth-order valence-corrected chi connectivity index (χ4v) is 5.55. The number of aliphatic hydroxyl groups excluding tert-OH is 1. The van der Waals surface area contributed by atoms with Gasteiger partial charge in [-0.15, -0.1) is 5.10 Å². The summed E-state index contributed by atoms with van der Waals surface area (Å²) in [4.78, 5) is 4.51. The molecule has 0 saturated carbocycles. The molecule has 4 aliphatic rings. The van der Waals surface area contributed by atoms with Gasteiger partial charge >= 0.3 is 0 Å². The molecule has 0 aromatic heterocycles. The van der Waals surface area contributed by atoms with E-state index >= 15 is 0 Å². The first-order valence-electron chi connectivity index (χ1n) is 12.7. The van der Waals surface area contributed by atoms with Gasteiger partial charge in [0, 0.05) is 63.4 Å². The van der Waals surface area contributed by atoms with Crippen LogP contribution in [0.25, 0.3) is 0 Å². The molecule has 0 amide bonds. The van der Waals surface area contributed by atoms with Crippen LogP contribution < -0.4 is 5.43 Å². The monoisotopic (exact) mass is 484 g/mol. The van der Waals surface area contributed by atoms with Crippen molar-refractivity contribution in [3.8, 4) is 0 Å². The van der Waals surface area contributed by atoms with Crippen molar-refractivity contribution in [2.45, 2.75) is 33.6 Å². The number of allylic oxidation sites excluding steroid dienone is 6. The molecule has 2 N–H and O–H groups in total. The molecule has 2 aliphatic heterocycles. The molecule has 1 saturated heterocycles. The number of hydrazone groups is 1. The highest BCUT2D eigenvalue weighted by Gasteiger charge is 2.34. The summed E-state index contributed by atoms with van der Waals surface area (Å²) in [6.45, 7) is 13.2. The minimum atomic E-state index is -0.410. The van der Waals surface area contributed by atoms with Gasteiger partial charge in [0.1, 0.15) is 0 Å². The lowest BCUT2D eigenvalue weighted by atomic mass is 9.69. The molecule has 0 spiro atoms. The molecule has 4 rings (SSSR count). The Labute approximate surface area is 208 Å². The van der Waals surface area contributed by atoms with Gasteiger partial charge in [0.25, 0.3) is 0 Å². The SMILES string of the molecule is CC1=CC(CN2CCN(CCO)CC2)C(C(C)C)CC1CC1=NNC(=C2C=CC(=[N+]([O-])[O-])C=C2)O1. The molecule has 1 fully saturated rings. The van der Waals surface area contributed by atoms with E-state index in [2.05, 4.69) is 47.2 Å². The zero-order chi connectivity index (χ0) is 24.9. The molecule has 192 valence electrons. The van der Waals surface area contributed by atoms with E-state index in [0.717, 1.165) is 57.7 Å². The van der Waals surface area contributed by atoms with E-state index in [1.54, 1.807) is 12.2 Å². The van der Waals surface area contributed by atoms with Crippen LogP contribution in [0.1, 0.15) is 33.6 Å². The van der Waals surface area contributed by atoms with Gasteiger partial charge in [-0.3, -0.25) is 4.90 Å². The summed E-state index contributed by atoms with van der Waals surface area (Å²) in [5.41, 5.74) is 5.15. The van der Waals surface area contributed by atoms with Crippen molar-refractivity contribution in [2.24, 2.45) is 28.8 Å². The first-order chi connectivity index (χ1) is 16.8. The summed E-state index contributed by atoms with van der Waals surface area (Å²) >= 11 is 0. The zero-order valence-corrected chi connectivity index (χ0v) is 21.0. The lowest BCUT2D eigenvalue weighted by molar-refractivity contribution is -0.377. The predicted octanol–water partition coefficient (Wildman–Crippen LogP) is 2.56. The number of β-amino-alcohol motifs (C(OH)–C–C–N with tert-alkyl or cyclic N) is 1. The van der Waals surface area contributed by atoms with E-state index in [-0.39, 0.29) is 12.3 Å². The highest BCUT2D eigenvalue weighted by molar-refractivity contribution is 6.02. The third-order valence-corrected chi connectivity index (χ3v) is 7.70. The maximum absolute atomic E-state index is 10.9. The Morgan fingerprint density at radius 2 is 1.83 bits per heavy atom. The van der Waals surface area contributed by atoms with Crippen molar-refractivity contribution in [3.05, 3.63) is 57.8 Å². The molecule has 2 aliphatic carbocycles. The molecule has 9 nitrogen and oxygen atoms in total. The maximum atomic E-state index is 10.9. The molecular formula is C26H38N5O4-. The molecule has 0 radical (unpaired) electrons. The van der Waals surface area contributed by atoms with Crippen LogP contribution in [0.15, 0.2) is 52.5 Å². The molecule has 3 unspecified atom stereocenters. The van der Waals surface area contributed by atoms with Gasteiger partial charge in [-0.05, 0) is 49.2 Å². The quantitative estimate of drug-likeness (QED) is 0.325. The molecule has 3 atom stereocenters. The highest BCUT2D eigenvalue weighted by atomic mass is 16.8. The minimum absolute atomic E-state index is 0.0535. The number of ether oxygens (including phenoxy) is 1. The summed E-state index contributed by atoms with van der Waals surface area (Å²) in [5.74, 6) is 3.31. The Kier molecular flexibility index (Phi) is 8.30. The van der Waals surface area contributed by atoms with Crippen molar-refractivity contribution in [1.29, 1.82) is 0 Å². The number of nitrogens with zero attached hydrogens (tertiary/aromatic N) is 4. The van der Waals surface area contributed by atoms with Crippen molar-refractivity contribution in [3.63, 3.8) is 0 Å². The Morgan fingerprint density at radius 3 is 2.46 bits per heavy atom. The van der Waals surface area contributed by atoms with E-state index in [1.807, 2.05) is 0 Å². The smallest absolute Gasteiger partial charge is 0.222 e. The average molecular weight is 485 g/mol. The van der Waals surface area contributed by atoms with Crippen LogP contribution >= 0.6 is 0 Å². The second kappa shape index (κ2) is 11.4. The molecular weight excluding hydrogens is 446 g/mol. The van der Waals surface area contributed by atoms with Crippen LogP contribution in [-0.2, 0) is 4.74 Å². The van der Waals surface area contributed by atoms with Crippen LogP contribution in [0, 0.1) is 34.1 Å². The Bertz CT molecular complexity index is 935. The molecule has 0 aromatic carbocycles. The number of aliphatic hydroxyl groups is 1. The minimum Gasteiger partial charge on any atom is -0.612 e. The lowest BCUT2D eigenvalue weighted by Gasteiger charge is -2.41. The van der Waals surface area contributed by atoms with E-state index in [1.165, 1.54) is 17.7 Å². The second-order valence-corrected chi connectivity index (χ2v) is 10.3. The van der Waals surface area contributed by atoms with E-state index in [9.17, 15) is 15.5 Å². The largest absolute Gasteiger partial charge is 0.612 e. The summed E-state index contributed by atoms with van der Waals surface area (Å²) in [5, 5.41) is 35.4. The Hall–Kier alpha value is -2.62.